The van der Waals surface area contributed by atoms with Crippen molar-refractivity contribution in [2.45, 2.75) is 18.2 Å². The molecule has 0 atom stereocenters. The number of hydrogen-bond donors (Lipinski definition) is 1. The van der Waals surface area contributed by atoms with Gasteiger partial charge < -0.3 is 4.98 Å². The monoisotopic (exact) mass is 399 g/mol. The molecule has 1 aromatic carbocycles. The number of alkyl halides is 2. The van der Waals surface area contributed by atoms with Crippen LogP contribution in [0.15, 0.2) is 35.4 Å². The third kappa shape index (κ3) is 3.57. The van der Waals surface area contributed by atoms with Gasteiger partial charge in [-0.1, -0.05) is 0 Å². The van der Waals surface area contributed by atoms with Crippen LogP contribution in [-0.4, -0.2) is 29.6 Å². The van der Waals surface area contributed by atoms with Crippen LogP contribution in [0.25, 0.3) is 22.5 Å². The van der Waals surface area contributed by atoms with Gasteiger partial charge in [0.05, 0.1) is 11.4 Å². The lowest BCUT2D eigenvalue weighted by atomic mass is 10.0. The largest absolute Gasteiger partial charge is 0.337 e. The predicted octanol–water partition coefficient (Wildman–Crippen LogP) is 4.07. The fourth-order valence-corrected chi connectivity index (χ4v) is 3.36. The van der Waals surface area contributed by atoms with Gasteiger partial charge >= 0.3 is 0 Å². The van der Waals surface area contributed by atoms with E-state index in [4.69, 9.17) is 0 Å². The molecule has 5 nitrogen and oxygen atoms in total. The first-order chi connectivity index (χ1) is 12.6. The minimum Gasteiger partial charge on any atom is -0.337 e. The Labute approximate surface area is 152 Å². The van der Waals surface area contributed by atoms with Crippen LogP contribution in [0.2, 0.25) is 0 Å². The van der Waals surface area contributed by atoms with E-state index in [0.717, 1.165) is 6.26 Å². The molecule has 0 unspecified atom stereocenters. The number of sulfone groups is 1. The molecule has 0 radical (unpaired) electrons. The Morgan fingerprint density at radius 2 is 1.81 bits per heavy atom. The number of hydrogen-bond acceptors (Lipinski definition) is 4. The lowest BCUT2D eigenvalue weighted by Crippen LogP contribution is -2.03. The third-order valence-electron chi connectivity index (χ3n) is 3.88. The highest BCUT2D eigenvalue weighted by Crippen LogP contribution is 2.36. The zero-order valence-corrected chi connectivity index (χ0v) is 14.9. The Kier molecular flexibility index (Phi) is 4.77. The van der Waals surface area contributed by atoms with Gasteiger partial charge in [0.1, 0.15) is 16.5 Å². The number of rotatable bonds is 4. The average molecular weight is 399 g/mol. The van der Waals surface area contributed by atoms with Gasteiger partial charge in [-0.3, -0.25) is 4.98 Å². The molecule has 3 rings (SSSR count). The molecule has 0 saturated carbocycles. The number of aryl methyl sites for hydroxylation is 1. The maximum Gasteiger partial charge on any atom is 0.295 e. The molecule has 3 aromatic rings. The minimum atomic E-state index is -4.01. The molecular formula is C17H13F4N3O2S. The normalized spacial score (nSPS) is 12.0. The zero-order chi connectivity index (χ0) is 19.9. The molecule has 2 aromatic heterocycles. The quantitative estimate of drug-likeness (QED) is 0.671. The molecule has 0 fully saturated rings. The number of imidazole rings is 1. The first-order valence-corrected chi connectivity index (χ1v) is 9.48. The third-order valence-corrected chi connectivity index (χ3v) is 4.99. The van der Waals surface area contributed by atoms with Gasteiger partial charge in [0.25, 0.3) is 6.43 Å². The Bertz CT molecular complexity index is 1130. The minimum absolute atomic E-state index is 0.0290. The number of nitrogens with one attached hydrogen (secondary N) is 1. The van der Waals surface area contributed by atoms with Crippen LogP contribution in [0.5, 0.6) is 0 Å². The first kappa shape index (κ1) is 19.0. The number of pyridine rings is 1. The van der Waals surface area contributed by atoms with E-state index in [-0.39, 0.29) is 11.4 Å². The zero-order valence-electron chi connectivity index (χ0n) is 14.1. The maximum atomic E-state index is 14.6. The van der Waals surface area contributed by atoms with Gasteiger partial charge in [0.2, 0.25) is 0 Å². The van der Waals surface area contributed by atoms with Gasteiger partial charge in [-0.05, 0) is 31.2 Å². The lowest BCUT2D eigenvalue weighted by molar-refractivity contribution is 0.141. The van der Waals surface area contributed by atoms with E-state index in [0.29, 0.717) is 23.4 Å². The average Bonchev–Trinajstić information content (AvgIpc) is 3.01. The van der Waals surface area contributed by atoms with Crippen LogP contribution < -0.4 is 0 Å². The molecule has 142 valence electrons. The van der Waals surface area contributed by atoms with E-state index in [1.165, 1.54) is 6.20 Å². The number of H-pyrrole nitrogens is 1. The molecule has 10 heteroatoms. The summed E-state index contributed by atoms with van der Waals surface area (Å²) in [4.78, 5) is 9.34. The molecule has 0 bridgehead atoms. The molecule has 2 heterocycles. The maximum absolute atomic E-state index is 14.6. The molecule has 1 N–H and O–H groups in total. The highest BCUT2D eigenvalue weighted by Gasteiger charge is 2.25. The van der Waals surface area contributed by atoms with Gasteiger partial charge in [-0.15, -0.1) is 0 Å². The van der Waals surface area contributed by atoms with E-state index < -0.39 is 44.2 Å². The van der Waals surface area contributed by atoms with E-state index in [1.54, 1.807) is 19.1 Å². The summed E-state index contributed by atoms with van der Waals surface area (Å²) in [6.07, 6.45) is -0.750. The molecule has 0 aliphatic heterocycles. The first-order valence-electron chi connectivity index (χ1n) is 7.59. The topological polar surface area (TPSA) is 75.7 Å². The molecule has 0 spiro atoms. The molecular weight excluding hydrogens is 386 g/mol. The van der Waals surface area contributed by atoms with Crippen LogP contribution in [0.4, 0.5) is 17.6 Å². The van der Waals surface area contributed by atoms with Crippen molar-refractivity contribution >= 4 is 9.84 Å². The summed E-state index contributed by atoms with van der Waals surface area (Å²) >= 11 is 0. The lowest BCUT2D eigenvalue weighted by Gasteiger charge is -2.08. The Hall–Kier alpha value is -2.75. The second-order valence-corrected chi connectivity index (χ2v) is 7.80. The highest BCUT2D eigenvalue weighted by atomic mass is 32.2. The van der Waals surface area contributed by atoms with Crippen LogP contribution in [0.1, 0.15) is 17.9 Å². The van der Waals surface area contributed by atoms with E-state index >= 15 is 0 Å². The van der Waals surface area contributed by atoms with Gasteiger partial charge in [0.15, 0.2) is 15.7 Å². The number of aromatic nitrogens is 3. The summed E-state index contributed by atoms with van der Waals surface area (Å²) in [6, 6.07) is 4.26. The summed E-state index contributed by atoms with van der Waals surface area (Å²) in [7, 11) is -4.01. The van der Waals surface area contributed by atoms with Crippen molar-refractivity contribution in [1.29, 1.82) is 0 Å². The van der Waals surface area contributed by atoms with Crippen molar-refractivity contribution in [3.8, 4) is 22.5 Å². The highest BCUT2D eigenvalue weighted by molar-refractivity contribution is 7.90. The van der Waals surface area contributed by atoms with Crippen molar-refractivity contribution in [3.05, 3.63) is 53.6 Å². The van der Waals surface area contributed by atoms with E-state index in [1.807, 2.05) is 0 Å². The second-order valence-electron chi connectivity index (χ2n) is 5.82. The number of aromatic amines is 1. The van der Waals surface area contributed by atoms with Gasteiger partial charge in [-0.2, -0.15) is 0 Å². The van der Waals surface area contributed by atoms with Crippen LogP contribution in [0.3, 0.4) is 0 Å². The van der Waals surface area contributed by atoms with Crippen LogP contribution >= 0.6 is 0 Å². The summed E-state index contributed by atoms with van der Waals surface area (Å²) in [5.74, 6) is -3.04. The van der Waals surface area contributed by atoms with Crippen molar-refractivity contribution in [3.63, 3.8) is 0 Å². The molecule has 0 aliphatic carbocycles. The Morgan fingerprint density at radius 1 is 1.11 bits per heavy atom. The summed E-state index contributed by atoms with van der Waals surface area (Å²) < 4.78 is 78.2. The predicted molar refractivity (Wildman–Crippen MR) is 90.0 cm³/mol. The number of nitrogens with zero attached hydrogens (tertiary/aromatic N) is 2. The molecule has 0 amide bonds. The van der Waals surface area contributed by atoms with E-state index in [9.17, 15) is 26.0 Å². The van der Waals surface area contributed by atoms with Gasteiger partial charge in [-0.25, -0.2) is 31.0 Å². The van der Waals surface area contributed by atoms with Crippen molar-refractivity contribution in [1.82, 2.24) is 15.0 Å². The Morgan fingerprint density at radius 3 is 2.41 bits per heavy atom. The van der Waals surface area contributed by atoms with Crippen molar-refractivity contribution in [2.24, 2.45) is 0 Å². The summed E-state index contributed by atoms with van der Waals surface area (Å²) in [5, 5.41) is 0. The SMILES string of the molecule is Cc1ncccc1-c1[nH]c(C(F)F)nc1-c1cc(F)c(S(C)(=O)=O)cc1F. The molecule has 0 saturated heterocycles. The number of benzene rings is 1. The van der Waals surface area contributed by atoms with Crippen LogP contribution in [0, 0.1) is 18.6 Å². The van der Waals surface area contributed by atoms with Crippen molar-refractivity contribution < 1.29 is 26.0 Å². The fourth-order valence-electron chi connectivity index (χ4n) is 2.63. The summed E-state index contributed by atoms with van der Waals surface area (Å²) in [6.45, 7) is 1.62. The standard InChI is InChI=1S/C17H13F4N3O2S/c1-8-9(4-3-5-22-8)14-15(24-17(23-14)16(20)21)10-6-12(19)13(7-11(10)18)27(2,25)26/h3-7,16H,1-2H3,(H,23,24). The second kappa shape index (κ2) is 6.76. The molecule has 0 aliphatic rings. The summed E-state index contributed by atoms with van der Waals surface area (Å²) in [5.41, 5.74) is 0.149. The Balaban J connectivity index is 2.29. The molecule has 27 heavy (non-hydrogen) atoms. The van der Waals surface area contributed by atoms with Crippen LogP contribution in [-0.2, 0) is 9.84 Å². The fraction of sp³-hybridized carbons (Fsp3) is 0.176. The van der Waals surface area contributed by atoms with Crippen molar-refractivity contribution in [2.75, 3.05) is 6.26 Å². The number of halogens is 4. The van der Waals surface area contributed by atoms with E-state index in [2.05, 4.69) is 15.0 Å². The van der Waals surface area contributed by atoms with Gasteiger partial charge in [0, 0.05) is 29.3 Å². The smallest absolute Gasteiger partial charge is 0.295 e.